The minimum absolute atomic E-state index is 0.205. The van der Waals surface area contributed by atoms with Crippen molar-refractivity contribution in [2.24, 2.45) is 5.73 Å². The van der Waals surface area contributed by atoms with Crippen LogP contribution in [0.4, 0.5) is 14.5 Å². The summed E-state index contributed by atoms with van der Waals surface area (Å²) in [5.74, 6) is -3.55. The van der Waals surface area contributed by atoms with Crippen LogP contribution in [0.2, 0.25) is 0 Å². The predicted octanol–water partition coefficient (Wildman–Crippen LogP) is 1.29. The molecule has 19 heavy (non-hydrogen) atoms. The second kappa shape index (κ2) is 6.19. The molecule has 0 radical (unpaired) electrons. The number of amides is 1. The van der Waals surface area contributed by atoms with Gasteiger partial charge in [-0.25, -0.2) is 4.39 Å². The maximum atomic E-state index is 13.8. The van der Waals surface area contributed by atoms with E-state index in [2.05, 4.69) is 0 Å². The maximum Gasteiger partial charge on any atom is 0.305 e. The van der Waals surface area contributed by atoms with Gasteiger partial charge in [0.2, 0.25) is 5.82 Å². The molecule has 2 N–H and O–H groups in total. The Kier molecular flexibility index (Phi) is 4.87. The number of benzene rings is 1. The Labute approximate surface area is 108 Å². The first-order valence-corrected chi connectivity index (χ1v) is 5.48. The first-order chi connectivity index (χ1) is 8.90. The van der Waals surface area contributed by atoms with Crippen molar-refractivity contribution in [3.63, 3.8) is 0 Å². The smallest absolute Gasteiger partial charge is 0.305 e. The highest BCUT2D eigenvalue weighted by molar-refractivity contribution is 5.95. The van der Waals surface area contributed by atoms with Gasteiger partial charge in [0.25, 0.3) is 5.91 Å². The molecule has 8 heteroatoms. The van der Waals surface area contributed by atoms with Crippen LogP contribution in [-0.4, -0.2) is 35.9 Å². The summed E-state index contributed by atoms with van der Waals surface area (Å²) >= 11 is 0. The van der Waals surface area contributed by atoms with Gasteiger partial charge in [0.15, 0.2) is 0 Å². The second-order valence-corrected chi connectivity index (χ2v) is 3.88. The Morgan fingerprint density at radius 1 is 1.47 bits per heavy atom. The minimum atomic E-state index is -1.46. The number of rotatable bonds is 5. The average Bonchev–Trinajstić information content (AvgIpc) is 2.35. The summed E-state index contributed by atoms with van der Waals surface area (Å²) in [6.45, 7) is 0.522. The lowest BCUT2D eigenvalue weighted by Crippen LogP contribution is -2.30. The van der Waals surface area contributed by atoms with E-state index in [4.69, 9.17) is 5.73 Å². The first kappa shape index (κ1) is 15.0. The van der Waals surface area contributed by atoms with Crippen LogP contribution >= 0.6 is 0 Å². The summed E-state index contributed by atoms with van der Waals surface area (Å²) in [5.41, 5.74) is 3.41. The van der Waals surface area contributed by atoms with E-state index in [-0.39, 0.29) is 6.54 Å². The molecule has 0 unspecified atom stereocenters. The number of carbonyl (C=O) groups is 1. The summed E-state index contributed by atoms with van der Waals surface area (Å²) in [6, 6.07) is 1.38. The van der Waals surface area contributed by atoms with Crippen molar-refractivity contribution >= 4 is 11.6 Å². The molecule has 0 spiro atoms. The molecule has 0 aliphatic rings. The second-order valence-electron chi connectivity index (χ2n) is 3.88. The molecule has 0 saturated heterocycles. The fraction of sp³-hybridized carbons (Fsp3) is 0.364. The Bertz CT molecular complexity index is 508. The summed E-state index contributed by atoms with van der Waals surface area (Å²) in [5, 5.41) is 10.6. The van der Waals surface area contributed by atoms with E-state index in [0.29, 0.717) is 25.1 Å². The predicted molar refractivity (Wildman–Crippen MR) is 63.6 cm³/mol. The molecule has 0 bridgehead atoms. The number of hydrogen-bond donors (Lipinski definition) is 1. The Morgan fingerprint density at radius 3 is 2.63 bits per heavy atom. The molecule has 0 aromatic heterocycles. The molecule has 0 fully saturated rings. The Hall–Kier alpha value is -2.09. The first-order valence-electron chi connectivity index (χ1n) is 5.48. The van der Waals surface area contributed by atoms with Gasteiger partial charge < -0.3 is 10.6 Å². The zero-order valence-electron chi connectivity index (χ0n) is 10.2. The fourth-order valence-electron chi connectivity index (χ4n) is 1.50. The van der Waals surface area contributed by atoms with Gasteiger partial charge in [0.1, 0.15) is 11.4 Å². The van der Waals surface area contributed by atoms with E-state index in [9.17, 15) is 23.7 Å². The van der Waals surface area contributed by atoms with Crippen LogP contribution in [0, 0.1) is 21.7 Å². The quantitative estimate of drug-likeness (QED) is 0.646. The lowest BCUT2D eigenvalue weighted by molar-refractivity contribution is -0.387. The third-order valence-corrected chi connectivity index (χ3v) is 2.53. The zero-order chi connectivity index (χ0) is 14.6. The number of halogens is 2. The van der Waals surface area contributed by atoms with E-state index >= 15 is 0 Å². The van der Waals surface area contributed by atoms with Crippen LogP contribution in [0.3, 0.4) is 0 Å². The number of nitrogens with zero attached hydrogens (tertiary/aromatic N) is 2. The highest BCUT2D eigenvalue weighted by Crippen LogP contribution is 2.24. The van der Waals surface area contributed by atoms with E-state index in [1.807, 2.05) is 0 Å². The molecule has 0 aliphatic heterocycles. The third kappa shape index (κ3) is 3.22. The maximum absolute atomic E-state index is 13.8. The number of carbonyl (C=O) groups excluding carboxylic acids is 1. The lowest BCUT2D eigenvalue weighted by Gasteiger charge is -2.17. The SMILES string of the molecule is CN(CCCN)C(=O)c1c(F)ccc([N+](=O)[O-])c1F. The standard InChI is InChI=1S/C11H13F2N3O3/c1-15(6-2-5-14)11(17)9-7(12)3-4-8(10(9)13)16(18)19/h3-4H,2,5-6,14H2,1H3. The zero-order valence-corrected chi connectivity index (χ0v) is 10.2. The molecule has 1 aromatic carbocycles. The van der Waals surface area contributed by atoms with Crippen LogP contribution in [0.25, 0.3) is 0 Å². The Balaban J connectivity index is 3.15. The number of nitrogens with two attached hydrogens (primary N) is 1. The van der Waals surface area contributed by atoms with Crippen LogP contribution in [0.1, 0.15) is 16.8 Å². The van der Waals surface area contributed by atoms with Crippen molar-refractivity contribution in [3.8, 4) is 0 Å². The molecule has 1 amide bonds. The van der Waals surface area contributed by atoms with Gasteiger partial charge >= 0.3 is 5.69 Å². The van der Waals surface area contributed by atoms with Gasteiger partial charge in [-0.1, -0.05) is 0 Å². The van der Waals surface area contributed by atoms with Crippen molar-refractivity contribution in [1.29, 1.82) is 0 Å². The number of nitro groups is 1. The summed E-state index contributed by atoms with van der Waals surface area (Å²) in [6.07, 6.45) is 0.459. The molecule has 6 nitrogen and oxygen atoms in total. The van der Waals surface area contributed by atoms with Crippen molar-refractivity contribution in [2.45, 2.75) is 6.42 Å². The highest BCUT2D eigenvalue weighted by Gasteiger charge is 2.27. The van der Waals surface area contributed by atoms with Gasteiger partial charge in [-0.2, -0.15) is 4.39 Å². The molecular formula is C11H13F2N3O3. The van der Waals surface area contributed by atoms with E-state index in [1.54, 1.807) is 0 Å². The van der Waals surface area contributed by atoms with Crippen LogP contribution in [0.5, 0.6) is 0 Å². The van der Waals surface area contributed by atoms with Gasteiger partial charge in [-0.3, -0.25) is 14.9 Å². The number of hydrogen-bond acceptors (Lipinski definition) is 4. The topological polar surface area (TPSA) is 89.5 Å². The van der Waals surface area contributed by atoms with E-state index in [1.165, 1.54) is 7.05 Å². The molecular weight excluding hydrogens is 260 g/mol. The monoisotopic (exact) mass is 273 g/mol. The highest BCUT2D eigenvalue weighted by atomic mass is 19.1. The molecule has 0 heterocycles. The van der Waals surface area contributed by atoms with Crippen molar-refractivity contribution in [1.82, 2.24) is 4.90 Å². The van der Waals surface area contributed by atoms with E-state index < -0.39 is 33.7 Å². The van der Waals surface area contributed by atoms with Gasteiger partial charge in [0.05, 0.1) is 4.92 Å². The largest absolute Gasteiger partial charge is 0.341 e. The average molecular weight is 273 g/mol. The number of nitro benzene ring substituents is 1. The van der Waals surface area contributed by atoms with Gasteiger partial charge in [-0.15, -0.1) is 0 Å². The lowest BCUT2D eigenvalue weighted by atomic mass is 10.1. The summed E-state index contributed by atoms with van der Waals surface area (Å²) < 4.78 is 27.3. The molecule has 0 aliphatic carbocycles. The summed E-state index contributed by atoms with van der Waals surface area (Å²) in [4.78, 5) is 22.5. The van der Waals surface area contributed by atoms with Gasteiger partial charge in [0, 0.05) is 19.7 Å². The van der Waals surface area contributed by atoms with E-state index in [0.717, 1.165) is 4.90 Å². The minimum Gasteiger partial charge on any atom is -0.341 e. The fourth-order valence-corrected chi connectivity index (χ4v) is 1.50. The van der Waals surface area contributed by atoms with Crippen LogP contribution in [0.15, 0.2) is 12.1 Å². The van der Waals surface area contributed by atoms with Gasteiger partial charge in [-0.05, 0) is 19.0 Å². The molecule has 1 aromatic rings. The van der Waals surface area contributed by atoms with Crippen molar-refractivity contribution < 1.29 is 18.5 Å². The molecule has 104 valence electrons. The third-order valence-electron chi connectivity index (χ3n) is 2.53. The molecule has 0 atom stereocenters. The molecule has 1 rings (SSSR count). The van der Waals surface area contributed by atoms with Crippen LogP contribution in [-0.2, 0) is 0 Å². The Morgan fingerprint density at radius 2 is 2.11 bits per heavy atom. The summed E-state index contributed by atoms with van der Waals surface area (Å²) in [7, 11) is 1.34. The normalized spacial score (nSPS) is 10.3. The van der Waals surface area contributed by atoms with Crippen molar-refractivity contribution in [3.05, 3.63) is 39.4 Å². The van der Waals surface area contributed by atoms with Crippen molar-refractivity contribution in [2.75, 3.05) is 20.1 Å². The van der Waals surface area contributed by atoms with Crippen LogP contribution < -0.4 is 5.73 Å². The molecule has 0 saturated carbocycles.